The van der Waals surface area contributed by atoms with Crippen molar-refractivity contribution in [1.82, 2.24) is 15.5 Å². The number of carboxylic acids is 1. The molecule has 0 aromatic rings. The molecule has 1 atom stereocenters. The SMILES string of the molecule is O=C(O)CCC1CCN(C(=O)NCCC(=O)NC2CC2)C1. The second kappa shape index (κ2) is 7.28. The molecule has 1 saturated carbocycles. The van der Waals surface area contributed by atoms with Crippen molar-refractivity contribution in [3.8, 4) is 0 Å². The Morgan fingerprint density at radius 3 is 2.57 bits per heavy atom. The third-order valence-corrected chi connectivity index (χ3v) is 3.91. The molecule has 3 N–H and O–H groups in total. The fraction of sp³-hybridized carbons (Fsp3) is 0.786. The highest BCUT2D eigenvalue weighted by molar-refractivity contribution is 5.78. The van der Waals surface area contributed by atoms with E-state index >= 15 is 0 Å². The fourth-order valence-electron chi connectivity index (χ4n) is 2.50. The Balaban J connectivity index is 1.58. The van der Waals surface area contributed by atoms with Gasteiger partial charge >= 0.3 is 12.0 Å². The first-order chi connectivity index (χ1) is 10.0. The number of aliphatic carboxylic acids is 1. The standard InChI is InChI=1S/C14H23N3O4/c18-12(16-11-2-3-11)5-7-15-14(21)17-8-6-10(9-17)1-4-13(19)20/h10-11H,1-9H2,(H,15,21)(H,16,18)(H,19,20). The van der Waals surface area contributed by atoms with E-state index in [4.69, 9.17) is 5.11 Å². The topological polar surface area (TPSA) is 98.7 Å². The maximum absolute atomic E-state index is 11.9. The van der Waals surface area contributed by atoms with Crippen molar-refractivity contribution < 1.29 is 19.5 Å². The largest absolute Gasteiger partial charge is 0.481 e. The van der Waals surface area contributed by atoms with Crippen LogP contribution in [0.15, 0.2) is 0 Å². The number of nitrogens with one attached hydrogen (secondary N) is 2. The summed E-state index contributed by atoms with van der Waals surface area (Å²) in [7, 11) is 0. The number of rotatable bonds is 7. The van der Waals surface area contributed by atoms with E-state index in [1.165, 1.54) is 0 Å². The van der Waals surface area contributed by atoms with E-state index < -0.39 is 5.97 Å². The van der Waals surface area contributed by atoms with Gasteiger partial charge in [-0.25, -0.2) is 4.79 Å². The summed E-state index contributed by atoms with van der Waals surface area (Å²) in [6, 6.07) is 0.189. The molecule has 1 aliphatic heterocycles. The van der Waals surface area contributed by atoms with Crippen LogP contribution in [0.3, 0.4) is 0 Å². The van der Waals surface area contributed by atoms with Crippen molar-refractivity contribution >= 4 is 17.9 Å². The van der Waals surface area contributed by atoms with E-state index in [0.29, 0.717) is 38.5 Å². The van der Waals surface area contributed by atoms with Crippen LogP contribution in [0.4, 0.5) is 4.79 Å². The average Bonchev–Trinajstić information content (AvgIpc) is 3.10. The zero-order valence-corrected chi connectivity index (χ0v) is 12.1. The van der Waals surface area contributed by atoms with E-state index in [-0.39, 0.29) is 24.3 Å². The molecule has 2 rings (SSSR count). The Morgan fingerprint density at radius 2 is 1.90 bits per heavy atom. The van der Waals surface area contributed by atoms with E-state index in [1.807, 2.05) is 0 Å². The molecule has 1 heterocycles. The maximum atomic E-state index is 11.9. The number of urea groups is 1. The fourth-order valence-corrected chi connectivity index (χ4v) is 2.50. The molecule has 0 spiro atoms. The monoisotopic (exact) mass is 297 g/mol. The minimum absolute atomic E-state index is 0.0152. The number of hydrogen-bond donors (Lipinski definition) is 3. The minimum Gasteiger partial charge on any atom is -0.481 e. The lowest BCUT2D eigenvalue weighted by molar-refractivity contribution is -0.137. The summed E-state index contributed by atoms with van der Waals surface area (Å²) in [5.41, 5.74) is 0. The van der Waals surface area contributed by atoms with Crippen molar-refractivity contribution in [2.45, 2.75) is 44.6 Å². The summed E-state index contributed by atoms with van der Waals surface area (Å²) in [5, 5.41) is 14.3. The van der Waals surface area contributed by atoms with Gasteiger partial charge in [0.15, 0.2) is 0 Å². The molecule has 3 amide bonds. The first kappa shape index (κ1) is 15.6. The van der Waals surface area contributed by atoms with E-state index in [2.05, 4.69) is 10.6 Å². The second-order valence-corrected chi connectivity index (χ2v) is 5.86. The van der Waals surface area contributed by atoms with Gasteiger partial charge in [0.05, 0.1) is 0 Å². The van der Waals surface area contributed by atoms with Crippen LogP contribution in [0.1, 0.15) is 38.5 Å². The lowest BCUT2D eigenvalue weighted by Crippen LogP contribution is -2.40. The summed E-state index contributed by atoms with van der Waals surface area (Å²) < 4.78 is 0. The van der Waals surface area contributed by atoms with Crippen molar-refractivity contribution in [3.05, 3.63) is 0 Å². The summed E-state index contributed by atoms with van der Waals surface area (Å²) >= 11 is 0. The summed E-state index contributed by atoms with van der Waals surface area (Å²) in [6.07, 6.45) is 4.04. The first-order valence-corrected chi connectivity index (χ1v) is 7.58. The maximum Gasteiger partial charge on any atom is 0.317 e. The molecule has 0 bridgehead atoms. The summed E-state index contributed by atoms with van der Waals surface area (Å²) in [5.74, 6) is -0.539. The van der Waals surface area contributed by atoms with Gasteiger partial charge in [-0.15, -0.1) is 0 Å². The molecule has 2 aliphatic rings. The molecular weight excluding hydrogens is 274 g/mol. The predicted molar refractivity (Wildman–Crippen MR) is 75.7 cm³/mol. The molecular formula is C14H23N3O4. The summed E-state index contributed by atoms with van der Waals surface area (Å²) in [6.45, 7) is 1.60. The molecule has 1 saturated heterocycles. The molecule has 0 radical (unpaired) electrons. The smallest absolute Gasteiger partial charge is 0.317 e. The third kappa shape index (κ3) is 5.61. The highest BCUT2D eigenvalue weighted by atomic mass is 16.4. The Morgan fingerprint density at radius 1 is 1.14 bits per heavy atom. The van der Waals surface area contributed by atoms with Crippen LogP contribution >= 0.6 is 0 Å². The number of carbonyl (C=O) groups excluding carboxylic acids is 2. The third-order valence-electron chi connectivity index (χ3n) is 3.91. The normalized spacial score (nSPS) is 21.1. The van der Waals surface area contributed by atoms with Crippen LogP contribution in [0.25, 0.3) is 0 Å². The van der Waals surface area contributed by atoms with Gasteiger partial charge in [0.2, 0.25) is 5.91 Å². The molecule has 0 aromatic heterocycles. The van der Waals surface area contributed by atoms with E-state index in [1.54, 1.807) is 4.90 Å². The van der Waals surface area contributed by atoms with Crippen LogP contribution < -0.4 is 10.6 Å². The molecule has 1 aliphatic carbocycles. The van der Waals surface area contributed by atoms with Crippen LogP contribution in [-0.2, 0) is 9.59 Å². The molecule has 7 nitrogen and oxygen atoms in total. The predicted octanol–water partition coefficient (Wildman–Crippen LogP) is 0.551. The quantitative estimate of drug-likeness (QED) is 0.639. The van der Waals surface area contributed by atoms with Gasteiger partial charge in [-0.1, -0.05) is 0 Å². The molecule has 2 fully saturated rings. The minimum atomic E-state index is -0.792. The van der Waals surface area contributed by atoms with Gasteiger partial charge in [-0.05, 0) is 31.6 Å². The second-order valence-electron chi connectivity index (χ2n) is 5.86. The Labute approximate surface area is 124 Å². The van der Waals surface area contributed by atoms with Crippen LogP contribution in [0.2, 0.25) is 0 Å². The van der Waals surface area contributed by atoms with Crippen molar-refractivity contribution in [3.63, 3.8) is 0 Å². The number of nitrogens with zero attached hydrogens (tertiary/aromatic N) is 1. The highest BCUT2D eigenvalue weighted by Gasteiger charge is 2.26. The van der Waals surface area contributed by atoms with Crippen molar-refractivity contribution in [1.29, 1.82) is 0 Å². The number of amides is 3. The van der Waals surface area contributed by atoms with Crippen molar-refractivity contribution in [2.75, 3.05) is 19.6 Å². The first-order valence-electron chi connectivity index (χ1n) is 7.58. The number of carbonyl (C=O) groups is 3. The zero-order chi connectivity index (χ0) is 15.2. The zero-order valence-electron chi connectivity index (χ0n) is 12.1. The van der Waals surface area contributed by atoms with Gasteiger partial charge in [-0.2, -0.15) is 0 Å². The van der Waals surface area contributed by atoms with Crippen LogP contribution in [-0.4, -0.2) is 53.6 Å². The molecule has 21 heavy (non-hydrogen) atoms. The molecule has 0 aromatic carbocycles. The van der Waals surface area contributed by atoms with E-state index in [9.17, 15) is 14.4 Å². The Bertz CT molecular complexity index is 409. The number of likely N-dealkylation sites (tertiary alicyclic amines) is 1. The van der Waals surface area contributed by atoms with E-state index in [0.717, 1.165) is 19.3 Å². The Hall–Kier alpha value is -1.79. The van der Waals surface area contributed by atoms with Gasteiger partial charge in [0.1, 0.15) is 0 Å². The van der Waals surface area contributed by atoms with Gasteiger partial charge in [0, 0.05) is 38.5 Å². The van der Waals surface area contributed by atoms with Gasteiger partial charge in [-0.3, -0.25) is 9.59 Å². The highest BCUT2D eigenvalue weighted by Crippen LogP contribution is 2.21. The van der Waals surface area contributed by atoms with Gasteiger partial charge in [0.25, 0.3) is 0 Å². The lowest BCUT2D eigenvalue weighted by Gasteiger charge is -2.17. The molecule has 1 unspecified atom stereocenters. The lowest BCUT2D eigenvalue weighted by atomic mass is 10.0. The number of carboxylic acid groups (broad SMARTS) is 1. The molecule has 118 valence electrons. The Kier molecular flexibility index (Phi) is 5.41. The average molecular weight is 297 g/mol. The van der Waals surface area contributed by atoms with Crippen LogP contribution in [0.5, 0.6) is 0 Å². The molecule has 7 heteroatoms. The number of hydrogen-bond acceptors (Lipinski definition) is 3. The van der Waals surface area contributed by atoms with Crippen LogP contribution in [0, 0.1) is 5.92 Å². The van der Waals surface area contributed by atoms with Gasteiger partial charge < -0.3 is 20.6 Å². The van der Waals surface area contributed by atoms with Crippen molar-refractivity contribution in [2.24, 2.45) is 5.92 Å². The summed E-state index contributed by atoms with van der Waals surface area (Å²) in [4.78, 5) is 35.6.